The zero-order chi connectivity index (χ0) is 26.7. The molecule has 7 heteroatoms. The Hall–Kier alpha value is -3.16. The summed E-state index contributed by atoms with van der Waals surface area (Å²) < 4.78 is 6.12. The highest BCUT2D eigenvalue weighted by molar-refractivity contribution is 9.10. The summed E-state index contributed by atoms with van der Waals surface area (Å²) in [5.41, 5.74) is 3.99. The van der Waals surface area contributed by atoms with Crippen LogP contribution >= 0.6 is 15.9 Å². The van der Waals surface area contributed by atoms with E-state index in [1.165, 1.54) is 5.56 Å². The molecule has 3 aromatic carbocycles. The van der Waals surface area contributed by atoms with Crippen molar-refractivity contribution in [1.82, 2.24) is 5.32 Å². The first kappa shape index (κ1) is 27.9. The lowest BCUT2D eigenvalue weighted by molar-refractivity contribution is 0.0943. The van der Waals surface area contributed by atoms with E-state index in [0.29, 0.717) is 42.5 Å². The first-order valence-electron chi connectivity index (χ1n) is 13.4. The van der Waals surface area contributed by atoms with E-state index in [4.69, 9.17) is 4.74 Å². The van der Waals surface area contributed by atoms with E-state index >= 15 is 0 Å². The summed E-state index contributed by atoms with van der Waals surface area (Å²) >= 11 is 3.44. The summed E-state index contributed by atoms with van der Waals surface area (Å²) in [5, 5.41) is 5.99. The average molecular weight is 579 g/mol. The SMILES string of the molecule is CCOCCCNC(=O)c1cc(NC(=O)c2ccccc2Br)ccc1N1CCC(Cc2ccccc2)CC1. The molecular weight excluding hydrogens is 542 g/mol. The fourth-order valence-electron chi connectivity index (χ4n) is 4.86. The molecule has 0 unspecified atom stereocenters. The number of carbonyl (C=O) groups excluding carboxylic acids is 2. The van der Waals surface area contributed by atoms with Crippen LogP contribution in [0.2, 0.25) is 0 Å². The second kappa shape index (κ2) is 14.1. The third-order valence-corrected chi connectivity index (χ3v) is 7.59. The van der Waals surface area contributed by atoms with E-state index < -0.39 is 0 Å². The van der Waals surface area contributed by atoms with Crippen molar-refractivity contribution >= 4 is 39.1 Å². The number of ether oxygens (including phenoxy) is 1. The lowest BCUT2D eigenvalue weighted by Crippen LogP contribution is -2.36. The number of rotatable bonds is 11. The maximum atomic E-state index is 13.3. The molecule has 38 heavy (non-hydrogen) atoms. The zero-order valence-corrected chi connectivity index (χ0v) is 23.5. The summed E-state index contributed by atoms with van der Waals surface area (Å²) in [6.45, 7) is 5.56. The monoisotopic (exact) mass is 577 g/mol. The first-order valence-corrected chi connectivity index (χ1v) is 14.2. The number of piperidine rings is 1. The molecule has 2 N–H and O–H groups in total. The van der Waals surface area contributed by atoms with Crippen LogP contribution in [0.5, 0.6) is 0 Å². The van der Waals surface area contributed by atoms with Crippen LogP contribution < -0.4 is 15.5 Å². The number of halogens is 1. The normalized spacial score (nSPS) is 13.8. The molecule has 1 heterocycles. The molecule has 0 bridgehead atoms. The molecule has 1 aliphatic rings. The van der Waals surface area contributed by atoms with Crippen LogP contribution in [0.1, 0.15) is 52.5 Å². The van der Waals surface area contributed by atoms with Gasteiger partial charge in [-0.2, -0.15) is 0 Å². The number of benzene rings is 3. The maximum Gasteiger partial charge on any atom is 0.256 e. The summed E-state index contributed by atoms with van der Waals surface area (Å²) in [6, 6.07) is 23.6. The molecule has 3 aromatic rings. The Kier molecular flexibility index (Phi) is 10.4. The van der Waals surface area contributed by atoms with E-state index in [-0.39, 0.29) is 11.8 Å². The molecule has 0 radical (unpaired) electrons. The van der Waals surface area contributed by atoms with Crippen LogP contribution in [0.15, 0.2) is 77.3 Å². The van der Waals surface area contributed by atoms with Gasteiger partial charge in [0.05, 0.1) is 11.1 Å². The quantitative estimate of drug-likeness (QED) is 0.262. The smallest absolute Gasteiger partial charge is 0.256 e. The number of anilines is 2. The van der Waals surface area contributed by atoms with Gasteiger partial charge in [-0.05, 0) is 90.4 Å². The van der Waals surface area contributed by atoms with Crippen molar-refractivity contribution in [3.8, 4) is 0 Å². The molecule has 0 aromatic heterocycles. The molecule has 0 atom stereocenters. The second-order valence-corrected chi connectivity index (χ2v) is 10.4. The molecular formula is C31H36BrN3O3. The molecule has 0 saturated carbocycles. The van der Waals surface area contributed by atoms with Crippen LogP contribution in [0.3, 0.4) is 0 Å². The molecule has 2 amide bonds. The summed E-state index contributed by atoms with van der Waals surface area (Å²) in [4.78, 5) is 28.5. The summed E-state index contributed by atoms with van der Waals surface area (Å²) in [7, 11) is 0. The number of hydrogen-bond donors (Lipinski definition) is 2. The van der Waals surface area contributed by atoms with E-state index in [1.54, 1.807) is 12.1 Å². The summed E-state index contributed by atoms with van der Waals surface area (Å²) in [6.07, 6.45) is 3.98. The molecule has 1 aliphatic heterocycles. The topological polar surface area (TPSA) is 70.7 Å². The van der Waals surface area contributed by atoms with E-state index in [1.807, 2.05) is 37.3 Å². The van der Waals surface area contributed by atoms with Crippen molar-refractivity contribution in [3.05, 3.63) is 94.0 Å². The standard InChI is InChI=1S/C31H36BrN3O3/c1-2-38-20-8-17-33-30(36)27-22-25(34-31(37)26-11-6-7-12-28(26)32)13-14-29(27)35-18-15-24(16-19-35)21-23-9-4-3-5-10-23/h3-7,9-14,22,24H,2,8,15-21H2,1H3,(H,33,36)(H,34,37). The Morgan fingerprint density at radius 3 is 2.42 bits per heavy atom. The largest absolute Gasteiger partial charge is 0.382 e. The van der Waals surface area contributed by atoms with Gasteiger partial charge in [-0.1, -0.05) is 42.5 Å². The van der Waals surface area contributed by atoms with Gasteiger partial charge in [-0.3, -0.25) is 9.59 Å². The molecule has 1 saturated heterocycles. The highest BCUT2D eigenvalue weighted by Gasteiger charge is 2.24. The van der Waals surface area contributed by atoms with E-state index in [2.05, 4.69) is 61.8 Å². The first-order chi connectivity index (χ1) is 18.5. The van der Waals surface area contributed by atoms with E-state index in [0.717, 1.165) is 48.9 Å². The molecule has 4 rings (SSSR count). The van der Waals surface area contributed by atoms with Gasteiger partial charge in [0.2, 0.25) is 0 Å². The van der Waals surface area contributed by atoms with Crippen LogP contribution in [-0.4, -0.2) is 44.7 Å². The van der Waals surface area contributed by atoms with Crippen LogP contribution in [0, 0.1) is 5.92 Å². The lowest BCUT2D eigenvalue weighted by Gasteiger charge is -2.35. The van der Waals surface area contributed by atoms with Crippen molar-refractivity contribution in [3.63, 3.8) is 0 Å². The number of amides is 2. The zero-order valence-electron chi connectivity index (χ0n) is 21.9. The molecule has 1 fully saturated rings. The van der Waals surface area contributed by atoms with Gasteiger partial charge in [0.25, 0.3) is 11.8 Å². The Balaban J connectivity index is 1.47. The third kappa shape index (κ3) is 7.68. The summed E-state index contributed by atoms with van der Waals surface area (Å²) in [5.74, 6) is 0.266. The Bertz CT molecular complexity index is 1210. The highest BCUT2D eigenvalue weighted by atomic mass is 79.9. The van der Waals surface area contributed by atoms with Crippen LogP contribution in [0.4, 0.5) is 11.4 Å². The Labute approximate surface area is 233 Å². The maximum absolute atomic E-state index is 13.3. The predicted octanol–water partition coefficient (Wildman–Crippen LogP) is 6.32. The molecule has 0 spiro atoms. The number of carbonyl (C=O) groups is 2. The minimum Gasteiger partial charge on any atom is -0.382 e. The van der Waals surface area contributed by atoms with Crippen molar-refractivity contribution in [2.75, 3.05) is 43.1 Å². The molecule has 6 nitrogen and oxygen atoms in total. The van der Waals surface area contributed by atoms with Gasteiger partial charge in [-0.15, -0.1) is 0 Å². The van der Waals surface area contributed by atoms with Gasteiger partial charge >= 0.3 is 0 Å². The fourth-order valence-corrected chi connectivity index (χ4v) is 5.32. The van der Waals surface area contributed by atoms with Crippen molar-refractivity contribution < 1.29 is 14.3 Å². The Morgan fingerprint density at radius 1 is 0.947 bits per heavy atom. The fraction of sp³-hybridized carbons (Fsp3) is 0.355. The second-order valence-electron chi connectivity index (χ2n) is 9.59. The molecule has 200 valence electrons. The van der Waals surface area contributed by atoms with Gasteiger partial charge in [0.15, 0.2) is 0 Å². The predicted molar refractivity (Wildman–Crippen MR) is 157 cm³/mol. The minimum atomic E-state index is -0.227. The number of nitrogens with zero attached hydrogens (tertiary/aromatic N) is 1. The third-order valence-electron chi connectivity index (χ3n) is 6.90. The van der Waals surface area contributed by atoms with Gasteiger partial charge < -0.3 is 20.3 Å². The van der Waals surface area contributed by atoms with Gasteiger partial charge in [0.1, 0.15) is 0 Å². The number of nitrogens with one attached hydrogen (secondary N) is 2. The molecule has 0 aliphatic carbocycles. The Morgan fingerprint density at radius 2 is 1.68 bits per heavy atom. The lowest BCUT2D eigenvalue weighted by atomic mass is 9.89. The van der Waals surface area contributed by atoms with Gasteiger partial charge in [-0.25, -0.2) is 0 Å². The van der Waals surface area contributed by atoms with Crippen molar-refractivity contribution in [1.29, 1.82) is 0 Å². The van der Waals surface area contributed by atoms with Crippen molar-refractivity contribution in [2.45, 2.75) is 32.6 Å². The van der Waals surface area contributed by atoms with Crippen molar-refractivity contribution in [2.24, 2.45) is 5.92 Å². The highest BCUT2D eigenvalue weighted by Crippen LogP contribution is 2.30. The van der Waals surface area contributed by atoms with Crippen LogP contribution in [0.25, 0.3) is 0 Å². The van der Waals surface area contributed by atoms with Gasteiger partial charge in [0, 0.05) is 48.7 Å². The van der Waals surface area contributed by atoms with Crippen LogP contribution in [-0.2, 0) is 11.2 Å². The van der Waals surface area contributed by atoms with E-state index in [9.17, 15) is 9.59 Å². The average Bonchev–Trinajstić information content (AvgIpc) is 2.94. The minimum absolute atomic E-state index is 0.139. The number of hydrogen-bond acceptors (Lipinski definition) is 4.